The van der Waals surface area contributed by atoms with Gasteiger partial charge in [-0.25, -0.2) is 4.39 Å². The average Bonchev–Trinajstić information content (AvgIpc) is 3.10. The molecule has 27 heavy (non-hydrogen) atoms. The van der Waals surface area contributed by atoms with Gasteiger partial charge in [0.2, 0.25) is 5.91 Å². The van der Waals surface area contributed by atoms with E-state index in [9.17, 15) is 14.4 Å². The van der Waals surface area contributed by atoms with Crippen LogP contribution in [0.4, 0.5) is 4.39 Å². The summed E-state index contributed by atoms with van der Waals surface area (Å²) in [5.74, 6) is -0.386. The largest absolute Gasteiger partial charge is 0.337 e. The van der Waals surface area contributed by atoms with Crippen molar-refractivity contribution in [1.29, 1.82) is 0 Å². The van der Waals surface area contributed by atoms with Crippen LogP contribution in [0.3, 0.4) is 0 Å². The maximum atomic E-state index is 15.3. The second kappa shape index (κ2) is 6.50. The number of hydrogen-bond donors (Lipinski definition) is 1. The van der Waals surface area contributed by atoms with Gasteiger partial charge in [0.15, 0.2) is 5.67 Å². The maximum Gasteiger partial charge on any atom is 0.317 e. The highest BCUT2D eigenvalue weighted by Crippen LogP contribution is 2.36. The van der Waals surface area contributed by atoms with Crippen molar-refractivity contribution in [2.75, 3.05) is 13.1 Å². The van der Waals surface area contributed by atoms with E-state index < -0.39 is 16.8 Å². The third-order valence-corrected chi connectivity index (χ3v) is 5.04. The van der Waals surface area contributed by atoms with Crippen LogP contribution in [-0.4, -0.2) is 33.4 Å². The average molecular weight is 367 g/mol. The molecule has 2 heterocycles. The van der Waals surface area contributed by atoms with Crippen molar-refractivity contribution in [3.05, 3.63) is 80.9 Å². The first-order valence-corrected chi connectivity index (χ1v) is 8.72. The smallest absolute Gasteiger partial charge is 0.317 e. The molecule has 1 aromatic heterocycles. The van der Waals surface area contributed by atoms with E-state index in [1.165, 1.54) is 4.90 Å². The molecule has 6 nitrogen and oxygen atoms in total. The van der Waals surface area contributed by atoms with Crippen LogP contribution in [0.15, 0.2) is 64.2 Å². The lowest BCUT2D eigenvalue weighted by Gasteiger charge is -2.22. The molecule has 1 N–H and O–H groups in total. The highest BCUT2D eigenvalue weighted by atomic mass is 19.1. The Morgan fingerprint density at radius 3 is 2.56 bits per heavy atom. The van der Waals surface area contributed by atoms with Crippen LogP contribution in [0.5, 0.6) is 0 Å². The number of benzene rings is 2. The van der Waals surface area contributed by atoms with Crippen LogP contribution >= 0.6 is 0 Å². The van der Waals surface area contributed by atoms with Gasteiger partial charge in [-0.1, -0.05) is 42.5 Å². The fourth-order valence-electron chi connectivity index (χ4n) is 3.57. The van der Waals surface area contributed by atoms with Gasteiger partial charge in [-0.15, -0.1) is 0 Å². The van der Waals surface area contributed by atoms with E-state index >= 15 is 4.39 Å². The quantitative estimate of drug-likeness (QED) is 0.717. The Kier molecular flexibility index (Phi) is 4.14. The number of nitrogens with one attached hydrogen (secondary N) is 1. The summed E-state index contributed by atoms with van der Waals surface area (Å²) in [5.41, 5.74) is -1.70. The predicted molar refractivity (Wildman–Crippen MR) is 99.3 cm³/mol. The molecular weight excluding hydrogens is 349 g/mol. The zero-order chi connectivity index (χ0) is 19.0. The summed E-state index contributed by atoms with van der Waals surface area (Å²) in [6, 6.07) is 15.5. The highest BCUT2D eigenvalue weighted by Gasteiger charge is 2.41. The number of carbonyl (C=O) groups is 1. The number of rotatable bonds is 3. The van der Waals surface area contributed by atoms with Crippen molar-refractivity contribution < 1.29 is 9.18 Å². The second-order valence-electron chi connectivity index (χ2n) is 6.76. The molecular formula is C20H18FN3O3. The maximum absolute atomic E-state index is 15.3. The third-order valence-electron chi connectivity index (χ3n) is 5.04. The van der Waals surface area contributed by atoms with Gasteiger partial charge in [-0.2, -0.15) is 0 Å². The molecule has 2 aromatic carbocycles. The molecule has 1 atom stereocenters. The molecule has 3 aromatic rings. The molecule has 1 fully saturated rings. The summed E-state index contributed by atoms with van der Waals surface area (Å²) in [7, 11) is 0. The van der Waals surface area contributed by atoms with Gasteiger partial charge in [0.1, 0.15) is 6.54 Å². The zero-order valence-electron chi connectivity index (χ0n) is 14.5. The van der Waals surface area contributed by atoms with Crippen LogP contribution in [0, 0.1) is 0 Å². The second-order valence-corrected chi connectivity index (χ2v) is 6.76. The van der Waals surface area contributed by atoms with Crippen molar-refractivity contribution in [2.45, 2.75) is 18.6 Å². The van der Waals surface area contributed by atoms with Crippen LogP contribution in [0.2, 0.25) is 0 Å². The van der Waals surface area contributed by atoms with E-state index in [0.29, 0.717) is 16.6 Å². The number of likely N-dealkylation sites (tertiary alicyclic amines) is 1. The van der Waals surface area contributed by atoms with E-state index in [1.54, 1.807) is 48.5 Å². The molecule has 0 saturated carbocycles. The van der Waals surface area contributed by atoms with Crippen molar-refractivity contribution in [3.63, 3.8) is 0 Å². The molecule has 0 spiro atoms. The SMILES string of the molecule is O=C(Cn1c(=O)c(=O)[nH]c2ccccc21)N1CCC(F)(c2ccccc2)C1. The van der Waals surface area contributed by atoms with Gasteiger partial charge in [0.05, 0.1) is 17.6 Å². The number of halogens is 1. The minimum atomic E-state index is -1.60. The Morgan fingerprint density at radius 2 is 1.78 bits per heavy atom. The van der Waals surface area contributed by atoms with E-state index in [1.807, 2.05) is 6.07 Å². The van der Waals surface area contributed by atoms with Crippen molar-refractivity contribution in [1.82, 2.24) is 14.5 Å². The van der Waals surface area contributed by atoms with Crippen LogP contribution in [-0.2, 0) is 17.0 Å². The highest BCUT2D eigenvalue weighted by molar-refractivity contribution is 5.80. The molecule has 0 bridgehead atoms. The number of amides is 1. The number of fused-ring (bicyclic) bond motifs is 1. The van der Waals surface area contributed by atoms with Gasteiger partial charge < -0.3 is 9.88 Å². The summed E-state index contributed by atoms with van der Waals surface area (Å²) >= 11 is 0. The van der Waals surface area contributed by atoms with Gasteiger partial charge in [-0.05, 0) is 17.7 Å². The lowest BCUT2D eigenvalue weighted by molar-refractivity contribution is -0.131. The summed E-state index contributed by atoms with van der Waals surface area (Å²) in [5, 5.41) is 0. The molecule has 7 heteroatoms. The summed E-state index contributed by atoms with van der Waals surface area (Å²) in [6.45, 7) is -0.0973. The third kappa shape index (κ3) is 3.05. The fourth-order valence-corrected chi connectivity index (χ4v) is 3.57. The minimum Gasteiger partial charge on any atom is -0.337 e. The van der Waals surface area contributed by atoms with E-state index in [4.69, 9.17) is 0 Å². The first kappa shape index (κ1) is 17.2. The van der Waals surface area contributed by atoms with Crippen LogP contribution in [0.1, 0.15) is 12.0 Å². The first-order valence-electron chi connectivity index (χ1n) is 8.72. The molecule has 1 amide bonds. The molecule has 1 aliphatic heterocycles. The Bertz CT molecular complexity index is 1120. The Labute approximate surface area is 153 Å². The molecule has 1 unspecified atom stereocenters. The zero-order valence-corrected chi connectivity index (χ0v) is 14.5. The molecule has 4 rings (SSSR count). The van der Waals surface area contributed by atoms with E-state index in [2.05, 4.69) is 4.98 Å². The van der Waals surface area contributed by atoms with Crippen LogP contribution in [0.25, 0.3) is 11.0 Å². The molecule has 0 radical (unpaired) electrons. The summed E-state index contributed by atoms with van der Waals surface area (Å²) in [6.07, 6.45) is 0.202. The number of alkyl halides is 1. The summed E-state index contributed by atoms with van der Waals surface area (Å²) < 4.78 is 16.4. The van der Waals surface area contributed by atoms with Crippen LogP contribution < -0.4 is 11.1 Å². The number of aromatic amines is 1. The molecule has 0 aliphatic carbocycles. The number of aromatic nitrogens is 2. The number of para-hydroxylation sites is 2. The number of nitrogens with zero attached hydrogens (tertiary/aromatic N) is 2. The first-order chi connectivity index (χ1) is 13.0. The normalized spacial score (nSPS) is 19.5. The minimum absolute atomic E-state index is 0.0638. The molecule has 1 saturated heterocycles. The van der Waals surface area contributed by atoms with Gasteiger partial charge in [0.25, 0.3) is 0 Å². The fraction of sp³-hybridized carbons (Fsp3) is 0.250. The summed E-state index contributed by atoms with van der Waals surface area (Å²) in [4.78, 5) is 40.8. The Balaban J connectivity index is 1.61. The monoisotopic (exact) mass is 367 g/mol. The topological polar surface area (TPSA) is 75.2 Å². The van der Waals surface area contributed by atoms with E-state index in [0.717, 1.165) is 4.57 Å². The predicted octanol–water partition coefficient (Wildman–Crippen LogP) is 1.79. The van der Waals surface area contributed by atoms with Gasteiger partial charge in [0, 0.05) is 13.0 Å². The van der Waals surface area contributed by atoms with Gasteiger partial charge >= 0.3 is 11.1 Å². The number of carbonyl (C=O) groups excluding carboxylic acids is 1. The standard InChI is InChI=1S/C20H18FN3O3/c21-20(14-6-2-1-3-7-14)10-11-23(13-20)17(25)12-24-16-9-5-4-8-15(16)22-18(26)19(24)27/h1-9H,10-13H2,(H,22,26). The van der Waals surface area contributed by atoms with Crippen molar-refractivity contribution >= 4 is 16.9 Å². The van der Waals surface area contributed by atoms with Crippen molar-refractivity contribution in [2.24, 2.45) is 0 Å². The lowest BCUT2D eigenvalue weighted by atomic mass is 9.95. The Morgan fingerprint density at radius 1 is 1.07 bits per heavy atom. The Hall–Kier alpha value is -3.22. The molecule has 138 valence electrons. The molecule has 1 aliphatic rings. The number of H-pyrrole nitrogens is 1. The van der Waals surface area contributed by atoms with Gasteiger partial charge in [-0.3, -0.25) is 19.0 Å². The number of hydrogen-bond acceptors (Lipinski definition) is 3. The van der Waals surface area contributed by atoms with E-state index in [-0.39, 0.29) is 32.0 Å². The lowest BCUT2D eigenvalue weighted by Crippen LogP contribution is -2.41. The van der Waals surface area contributed by atoms with Crippen molar-refractivity contribution in [3.8, 4) is 0 Å².